The molecule has 0 heterocycles. The maximum Gasteiger partial charge on any atom is 0.0784 e. The molecule has 0 atom stereocenters. The van der Waals surface area contributed by atoms with E-state index in [9.17, 15) is 0 Å². The molecular formula is C19H41BrN+. The van der Waals surface area contributed by atoms with Crippen molar-refractivity contribution in [3.8, 4) is 0 Å². The molecule has 0 aromatic rings. The summed E-state index contributed by atoms with van der Waals surface area (Å²) in [6.07, 6.45) is 16.9. The lowest BCUT2D eigenvalue weighted by Crippen LogP contribution is -2.46. The van der Waals surface area contributed by atoms with E-state index in [0.29, 0.717) is 0 Å². The van der Waals surface area contributed by atoms with Gasteiger partial charge in [0.1, 0.15) is 0 Å². The van der Waals surface area contributed by atoms with Gasteiger partial charge >= 0.3 is 0 Å². The Bertz CT molecular complexity index is 192. The lowest BCUT2D eigenvalue weighted by molar-refractivity contribution is -0.910. The lowest BCUT2D eigenvalue weighted by Gasteiger charge is -2.35. The second-order valence-electron chi connectivity index (χ2n) is 7.01. The van der Waals surface area contributed by atoms with Crippen LogP contribution in [0.25, 0.3) is 0 Å². The van der Waals surface area contributed by atoms with Crippen LogP contribution in [-0.4, -0.2) is 36.5 Å². The first kappa shape index (κ1) is 21.4. The van der Waals surface area contributed by atoms with Crippen LogP contribution in [-0.2, 0) is 0 Å². The molecule has 0 bridgehead atoms. The number of quaternary nitrogens is 1. The molecule has 0 N–H and O–H groups in total. The smallest absolute Gasteiger partial charge is 0.0784 e. The second kappa shape index (κ2) is 15.3. The standard InChI is InChI=1S/C19H41BrN/c1-4-6-8-10-13-17-21(3,19-15-12-16-20)18-14-11-9-7-5-2/h4-19H2,1-3H3/q+1. The third-order valence-electron chi connectivity index (χ3n) is 4.68. The minimum Gasteiger partial charge on any atom is -0.326 e. The molecule has 0 rings (SSSR count). The van der Waals surface area contributed by atoms with E-state index in [4.69, 9.17) is 0 Å². The maximum absolute atomic E-state index is 3.57. The molecule has 0 fully saturated rings. The molecule has 0 aromatic heterocycles. The van der Waals surface area contributed by atoms with Crippen molar-refractivity contribution in [2.45, 2.75) is 90.9 Å². The molecule has 128 valence electrons. The molecule has 0 aliphatic rings. The van der Waals surface area contributed by atoms with Crippen molar-refractivity contribution >= 4 is 15.9 Å². The first-order valence-electron chi connectivity index (χ1n) is 9.58. The van der Waals surface area contributed by atoms with Crippen molar-refractivity contribution < 1.29 is 4.48 Å². The van der Waals surface area contributed by atoms with Gasteiger partial charge in [0, 0.05) is 5.33 Å². The van der Waals surface area contributed by atoms with E-state index in [2.05, 4.69) is 36.8 Å². The highest BCUT2D eigenvalue weighted by molar-refractivity contribution is 9.09. The van der Waals surface area contributed by atoms with Crippen molar-refractivity contribution in [3.63, 3.8) is 0 Å². The van der Waals surface area contributed by atoms with Crippen LogP contribution in [0.2, 0.25) is 0 Å². The fourth-order valence-electron chi connectivity index (χ4n) is 3.12. The number of halogens is 1. The van der Waals surface area contributed by atoms with Crippen molar-refractivity contribution in [3.05, 3.63) is 0 Å². The number of nitrogens with zero attached hydrogens (tertiary/aromatic N) is 1. The Balaban J connectivity index is 3.95. The highest BCUT2D eigenvalue weighted by Gasteiger charge is 2.19. The highest BCUT2D eigenvalue weighted by Crippen LogP contribution is 2.14. The highest BCUT2D eigenvalue weighted by atomic mass is 79.9. The van der Waals surface area contributed by atoms with E-state index in [1.807, 2.05) is 0 Å². The molecule has 0 radical (unpaired) electrons. The van der Waals surface area contributed by atoms with Crippen LogP contribution in [0.4, 0.5) is 0 Å². The van der Waals surface area contributed by atoms with E-state index in [0.717, 1.165) is 0 Å². The third kappa shape index (κ3) is 13.8. The van der Waals surface area contributed by atoms with Gasteiger partial charge in [-0.1, -0.05) is 68.3 Å². The summed E-state index contributed by atoms with van der Waals surface area (Å²) < 4.78 is 1.32. The molecule has 2 heteroatoms. The zero-order valence-electron chi connectivity index (χ0n) is 15.1. The Labute approximate surface area is 143 Å². The summed E-state index contributed by atoms with van der Waals surface area (Å²) in [6.45, 7) is 8.79. The fourth-order valence-corrected chi connectivity index (χ4v) is 3.51. The summed E-state index contributed by atoms with van der Waals surface area (Å²) in [4.78, 5) is 0. The molecule has 0 spiro atoms. The van der Waals surface area contributed by atoms with Crippen LogP contribution in [0.15, 0.2) is 0 Å². The van der Waals surface area contributed by atoms with Crippen LogP contribution in [0.5, 0.6) is 0 Å². The van der Waals surface area contributed by atoms with Gasteiger partial charge in [-0.3, -0.25) is 0 Å². The minimum absolute atomic E-state index is 1.17. The monoisotopic (exact) mass is 362 g/mol. The molecule has 1 nitrogen and oxygen atoms in total. The number of rotatable bonds is 16. The zero-order valence-corrected chi connectivity index (χ0v) is 16.7. The van der Waals surface area contributed by atoms with Crippen LogP contribution in [0, 0.1) is 0 Å². The summed E-state index contributed by atoms with van der Waals surface area (Å²) >= 11 is 3.57. The molecular weight excluding hydrogens is 322 g/mol. The molecule has 0 unspecified atom stereocenters. The van der Waals surface area contributed by atoms with Crippen LogP contribution in [0.1, 0.15) is 90.9 Å². The predicted octanol–water partition coefficient (Wildman–Crippen LogP) is 6.55. The summed E-state index contributed by atoms with van der Waals surface area (Å²) in [5, 5.41) is 1.17. The molecule has 0 aromatic carbocycles. The van der Waals surface area contributed by atoms with Crippen molar-refractivity contribution in [2.24, 2.45) is 0 Å². The number of unbranched alkanes of at least 4 members (excludes halogenated alkanes) is 9. The first-order valence-corrected chi connectivity index (χ1v) is 10.7. The van der Waals surface area contributed by atoms with Crippen molar-refractivity contribution in [2.75, 3.05) is 32.0 Å². The van der Waals surface area contributed by atoms with Gasteiger partial charge in [0.25, 0.3) is 0 Å². The molecule has 0 saturated carbocycles. The number of alkyl halides is 1. The van der Waals surface area contributed by atoms with Gasteiger partial charge in [0.05, 0.1) is 26.7 Å². The maximum atomic E-state index is 3.57. The van der Waals surface area contributed by atoms with Gasteiger partial charge in [0.15, 0.2) is 0 Å². The van der Waals surface area contributed by atoms with Gasteiger partial charge in [-0.15, -0.1) is 0 Å². The van der Waals surface area contributed by atoms with E-state index >= 15 is 0 Å². The molecule has 0 aliphatic carbocycles. The largest absolute Gasteiger partial charge is 0.326 e. The Morgan fingerprint density at radius 1 is 0.571 bits per heavy atom. The van der Waals surface area contributed by atoms with E-state index in [1.165, 1.54) is 106 Å². The van der Waals surface area contributed by atoms with E-state index in [1.54, 1.807) is 0 Å². The second-order valence-corrected chi connectivity index (χ2v) is 7.81. The molecule has 0 aliphatic heterocycles. The summed E-state index contributed by atoms with van der Waals surface area (Å²) in [5.41, 5.74) is 0. The quantitative estimate of drug-likeness (QED) is 0.166. The van der Waals surface area contributed by atoms with E-state index < -0.39 is 0 Å². The van der Waals surface area contributed by atoms with Gasteiger partial charge in [-0.05, 0) is 38.5 Å². The number of hydrogen-bond donors (Lipinski definition) is 0. The van der Waals surface area contributed by atoms with Crippen molar-refractivity contribution in [1.82, 2.24) is 0 Å². The topological polar surface area (TPSA) is 0 Å². The van der Waals surface area contributed by atoms with E-state index in [-0.39, 0.29) is 0 Å². The average Bonchev–Trinajstić information content (AvgIpc) is 2.47. The SMILES string of the molecule is CCCCCCC[N+](C)(CCCCBr)CCCCCCC. The zero-order chi connectivity index (χ0) is 15.8. The Morgan fingerprint density at radius 2 is 0.952 bits per heavy atom. The molecule has 0 saturated heterocycles. The summed E-state index contributed by atoms with van der Waals surface area (Å²) in [6, 6.07) is 0. The van der Waals surface area contributed by atoms with Crippen LogP contribution in [0.3, 0.4) is 0 Å². The van der Waals surface area contributed by atoms with Gasteiger partial charge in [-0.25, -0.2) is 0 Å². The minimum atomic E-state index is 1.17. The normalized spacial score (nSPS) is 12.0. The Hall–Kier alpha value is 0.440. The van der Waals surface area contributed by atoms with Crippen LogP contribution < -0.4 is 0 Å². The Kier molecular flexibility index (Phi) is 15.7. The predicted molar refractivity (Wildman–Crippen MR) is 101 cm³/mol. The summed E-state index contributed by atoms with van der Waals surface area (Å²) in [7, 11) is 2.51. The number of hydrogen-bond acceptors (Lipinski definition) is 0. The first-order chi connectivity index (χ1) is 10.2. The van der Waals surface area contributed by atoms with Gasteiger partial charge in [-0.2, -0.15) is 0 Å². The third-order valence-corrected chi connectivity index (χ3v) is 5.25. The van der Waals surface area contributed by atoms with Gasteiger partial charge < -0.3 is 4.48 Å². The van der Waals surface area contributed by atoms with Crippen molar-refractivity contribution in [1.29, 1.82) is 0 Å². The fraction of sp³-hybridized carbons (Fsp3) is 1.00. The van der Waals surface area contributed by atoms with Gasteiger partial charge in [0.2, 0.25) is 0 Å². The summed E-state index contributed by atoms with van der Waals surface area (Å²) in [5.74, 6) is 0. The van der Waals surface area contributed by atoms with Crippen LogP contribution >= 0.6 is 15.9 Å². The average molecular weight is 363 g/mol. The lowest BCUT2D eigenvalue weighted by atomic mass is 10.1. The Morgan fingerprint density at radius 3 is 1.33 bits per heavy atom. The molecule has 0 amide bonds. The molecule has 21 heavy (non-hydrogen) atoms.